The van der Waals surface area contributed by atoms with E-state index in [2.05, 4.69) is 4.98 Å². The van der Waals surface area contributed by atoms with Crippen LogP contribution in [-0.4, -0.2) is 56.8 Å². The number of pyridine rings is 1. The molecule has 0 saturated carbocycles. The van der Waals surface area contributed by atoms with Gasteiger partial charge in [0.05, 0.1) is 17.6 Å². The number of ether oxygens (including phenoxy) is 4. The zero-order chi connectivity index (χ0) is 24.4. The smallest absolute Gasteiger partial charge is 0.252 e. The first-order chi connectivity index (χ1) is 16.9. The maximum Gasteiger partial charge on any atom is 0.252 e. The first-order valence-electron chi connectivity index (χ1n) is 11.7. The van der Waals surface area contributed by atoms with E-state index in [-0.39, 0.29) is 29.6 Å². The molecule has 10 heteroatoms. The number of aromatic amines is 1. The van der Waals surface area contributed by atoms with Crippen molar-refractivity contribution in [1.82, 2.24) is 9.29 Å². The molecule has 9 nitrogen and oxygen atoms in total. The van der Waals surface area contributed by atoms with Crippen molar-refractivity contribution >= 4 is 20.9 Å². The zero-order valence-electron chi connectivity index (χ0n) is 19.5. The van der Waals surface area contributed by atoms with Crippen LogP contribution in [0.4, 0.5) is 0 Å². The number of benzene rings is 2. The third kappa shape index (κ3) is 5.00. The van der Waals surface area contributed by atoms with Gasteiger partial charge in [-0.3, -0.25) is 4.79 Å². The fraction of sp³-hybridized carbons (Fsp3) is 0.400. The summed E-state index contributed by atoms with van der Waals surface area (Å²) in [6, 6.07) is 11.7. The maximum absolute atomic E-state index is 13.8. The second kappa shape index (κ2) is 9.88. The summed E-state index contributed by atoms with van der Waals surface area (Å²) in [5.74, 6) is 1.58. The van der Waals surface area contributed by atoms with E-state index in [0.717, 1.165) is 18.2 Å². The van der Waals surface area contributed by atoms with E-state index in [9.17, 15) is 13.2 Å². The lowest BCUT2D eigenvalue weighted by atomic mass is 10.1. The Morgan fingerprint density at radius 2 is 1.89 bits per heavy atom. The topological polar surface area (TPSA) is 107 Å². The highest BCUT2D eigenvalue weighted by atomic mass is 32.2. The van der Waals surface area contributed by atoms with Gasteiger partial charge in [0, 0.05) is 42.2 Å². The highest BCUT2D eigenvalue weighted by Crippen LogP contribution is 2.34. The van der Waals surface area contributed by atoms with Gasteiger partial charge in [-0.15, -0.1) is 0 Å². The monoisotopic (exact) mass is 500 g/mol. The van der Waals surface area contributed by atoms with Crippen molar-refractivity contribution in [1.29, 1.82) is 0 Å². The third-order valence-corrected chi connectivity index (χ3v) is 7.94. The Kier molecular flexibility index (Phi) is 6.68. The third-order valence-electron chi connectivity index (χ3n) is 6.13. The number of H-pyrrole nitrogens is 1. The zero-order valence-corrected chi connectivity index (χ0v) is 20.3. The van der Waals surface area contributed by atoms with Crippen LogP contribution in [-0.2, 0) is 21.3 Å². The van der Waals surface area contributed by atoms with Crippen LogP contribution >= 0.6 is 0 Å². The fourth-order valence-electron chi connectivity index (χ4n) is 4.39. The van der Waals surface area contributed by atoms with Gasteiger partial charge >= 0.3 is 0 Å². The van der Waals surface area contributed by atoms with Crippen LogP contribution in [0.5, 0.6) is 17.2 Å². The van der Waals surface area contributed by atoms with Crippen LogP contribution in [0.2, 0.25) is 0 Å². The average molecular weight is 501 g/mol. The minimum absolute atomic E-state index is 0.0793. The highest BCUT2D eigenvalue weighted by Gasteiger charge is 2.31. The molecule has 35 heavy (non-hydrogen) atoms. The van der Waals surface area contributed by atoms with Crippen molar-refractivity contribution in [2.24, 2.45) is 0 Å². The Labute approximate surface area is 203 Å². The number of nitrogens with zero attached hydrogens (tertiary/aromatic N) is 1. The van der Waals surface area contributed by atoms with Crippen LogP contribution < -0.4 is 19.8 Å². The first kappa shape index (κ1) is 23.7. The van der Waals surface area contributed by atoms with Gasteiger partial charge in [0.25, 0.3) is 5.56 Å². The average Bonchev–Trinajstić information content (AvgIpc) is 3.37. The van der Waals surface area contributed by atoms with Crippen LogP contribution in [0.15, 0.2) is 52.2 Å². The van der Waals surface area contributed by atoms with E-state index in [0.29, 0.717) is 54.8 Å². The molecule has 1 aromatic heterocycles. The summed E-state index contributed by atoms with van der Waals surface area (Å²) in [5.41, 5.74) is 0.657. The van der Waals surface area contributed by atoms with E-state index in [4.69, 9.17) is 18.9 Å². The number of aromatic nitrogens is 1. The summed E-state index contributed by atoms with van der Waals surface area (Å²) < 4.78 is 51.3. The molecule has 1 unspecified atom stereocenters. The van der Waals surface area contributed by atoms with Crippen molar-refractivity contribution in [3.05, 3.63) is 58.4 Å². The first-order valence-corrected chi connectivity index (χ1v) is 13.2. The van der Waals surface area contributed by atoms with Crippen molar-refractivity contribution < 1.29 is 27.4 Å². The van der Waals surface area contributed by atoms with Crippen molar-refractivity contribution in [2.75, 3.05) is 33.0 Å². The molecule has 0 bridgehead atoms. The SMILES string of the molecule is CCOc1ccc2[nH]c(=O)c(CN(CC3CCCO3)S(=O)(=O)c3ccc4c(c3)OCCO4)cc2c1. The number of fused-ring (bicyclic) bond motifs is 2. The number of sulfonamides is 1. The summed E-state index contributed by atoms with van der Waals surface area (Å²) in [6.07, 6.45) is 1.41. The van der Waals surface area contributed by atoms with Crippen LogP contribution in [0.25, 0.3) is 10.9 Å². The predicted molar refractivity (Wildman–Crippen MR) is 130 cm³/mol. The number of rotatable bonds is 8. The fourth-order valence-corrected chi connectivity index (χ4v) is 5.86. The van der Waals surface area contributed by atoms with Crippen molar-refractivity contribution in [3.8, 4) is 17.2 Å². The van der Waals surface area contributed by atoms with E-state index in [1.807, 2.05) is 13.0 Å². The molecule has 0 spiro atoms. The van der Waals surface area contributed by atoms with E-state index in [1.165, 1.54) is 16.4 Å². The molecule has 1 saturated heterocycles. The highest BCUT2D eigenvalue weighted by molar-refractivity contribution is 7.89. The number of hydrogen-bond donors (Lipinski definition) is 1. The molecule has 1 N–H and O–H groups in total. The van der Waals surface area contributed by atoms with Gasteiger partial charge in [-0.25, -0.2) is 8.42 Å². The van der Waals surface area contributed by atoms with Gasteiger partial charge in [0.1, 0.15) is 19.0 Å². The van der Waals surface area contributed by atoms with Crippen molar-refractivity contribution in [3.63, 3.8) is 0 Å². The Morgan fingerprint density at radius 3 is 2.66 bits per heavy atom. The van der Waals surface area contributed by atoms with Crippen molar-refractivity contribution in [2.45, 2.75) is 37.3 Å². The van der Waals surface area contributed by atoms with E-state index >= 15 is 0 Å². The van der Waals surface area contributed by atoms with Gasteiger partial charge in [0.2, 0.25) is 10.0 Å². The largest absolute Gasteiger partial charge is 0.494 e. The normalized spacial score (nSPS) is 17.7. The number of hydrogen-bond acceptors (Lipinski definition) is 7. The second-order valence-electron chi connectivity index (χ2n) is 8.54. The van der Waals surface area contributed by atoms with E-state index in [1.54, 1.807) is 24.3 Å². The molecule has 0 amide bonds. The van der Waals surface area contributed by atoms with Gasteiger partial charge in [-0.2, -0.15) is 4.31 Å². The predicted octanol–water partition coefficient (Wildman–Crippen LogP) is 3.07. The molecule has 3 heterocycles. The molecular formula is C25H28N2O7S. The lowest BCUT2D eigenvalue weighted by molar-refractivity contribution is 0.0925. The Bertz CT molecular complexity index is 1380. The summed E-state index contributed by atoms with van der Waals surface area (Å²) in [4.78, 5) is 15.8. The second-order valence-corrected chi connectivity index (χ2v) is 10.5. The lowest BCUT2D eigenvalue weighted by Gasteiger charge is -2.26. The minimum atomic E-state index is -3.97. The minimum Gasteiger partial charge on any atom is -0.494 e. The van der Waals surface area contributed by atoms with Crippen LogP contribution in [0.1, 0.15) is 25.3 Å². The van der Waals surface area contributed by atoms with E-state index < -0.39 is 10.0 Å². The quantitative estimate of drug-likeness (QED) is 0.507. The summed E-state index contributed by atoms with van der Waals surface area (Å²) in [6.45, 7) is 3.83. The Morgan fingerprint density at radius 1 is 1.06 bits per heavy atom. The standard InChI is InChI=1S/C25H28N2O7S/c1-2-31-19-5-7-22-17(13-19)12-18(25(28)26-22)15-27(16-20-4-3-9-32-20)35(29,30)21-6-8-23-24(14-21)34-11-10-33-23/h5-8,12-14,20H,2-4,9-11,15-16H2,1H3,(H,26,28). The molecule has 2 aromatic carbocycles. The van der Waals surface area contributed by atoms with Crippen LogP contribution in [0.3, 0.4) is 0 Å². The molecule has 0 aliphatic carbocycles. The molecule has 186 valence electrons. The van der Waals surface area contributed by atoms with Gasteiger partial charge in [-0.05, 0) is 56.2 Å². The summed E-state index contributed by atoms with van der Waals surface area (Å²) in [7, 11) is -3.97. The molecule has 1 fully saturated rings. The molecule has 2 aliphatic rings. The van der Waals surface area contributed by atoms with Crippen LogP contribution in [0, 0.1) is 0 Å². The Balaban J connectivity index is 1.51. The molecule has 3 aromatic rings. The van der Waals surface area contributed by atoms with Gasteiger partial charge in [0.15, 0.2) is 11.5 Å². The van der Waals surface area contributed by atoms with Gasteiger partial charge < -0.3 is 23.9 Å². The Hall–Kier alpha value is -3.08. The molecule has 1 atom stereocenters. The van der Waals surface area contributed by atoms with Gasteiger partial charge in [-0.1, -0.05) is 0 Å². The molecule has 2 aliphatic heterocycles. The molecular weight excluding hydrogens is 472 g/mol. The molecule has 5 rings (SSSR count). The maximum atomic E-state index is 13.8. The molecule has 0 radical (unpaired) electrons. The summed E-state index contributed by atoms with van der Waals surface area (Å²) >= 11 is 0. The summed E-state index contributed by atoms with van der Waals surface area (Å²) in [5, 5.41) is 0.763. The lowest BCUT2D eigenvalue weighted by Crippen LogP contribution is -2.38. The number of nitrogens with one attached hydrogen (secondary N) is 1.